The molecule has 1 aromatic heterocycles. The first kappa shape index (κ1) is 17.6. The third-order valence-corrected chi connectivity index (χ3v) is 5.21. The number of nitrogens with zero attached hydrogens (tertiary/aromatic N) is 2. The number of carbonyl (C=O) groups is 1. The molecule has 23 heavy (non-hydrogen) atoms. The predicted molar refractivity (Wildman–Crippen MR) is 93.0 cm³/mol. The Morgan fingerprint density at radius 2 is 1.96 bits per heavy atom. The second-order valence-corrected chi connectivity index (χ2v) is 8.32. The Morgan fingerprint density at radius 3 is 2.52 bits per heavy atom. The maximum absolute atomic E-state index is 12.7. The fourth-order valence-electron chi connectivity index (χ4n) is 2.36. The van der Waals surface area contributed by atoms with Crippen molar-refractivity contribution in [2.24, 2.45) is 10.3 Å². The van der Waals surface area contributed by atoms with Crippen LogP contribution in [0.25, 0.3) is 0 Å². The second-order valence-electron chi connectivity index (χ2n) is 5.68. The maximum Gasteiger partial charge on any atom is 0.261 e. The van der Waals surface area contributed by atoms with Crippen molar-refractivity contribution >= 4 is 27.2 Å². The second kappa shape index (κ2) is 7.23. The highest BCUT2D eigenvalue weighted by Crippen LogP contribution is 2.28. The number of aromatic nitrogens is 1. The lowest BCUT2D eigenvalue weighted by atomic mass is 9.88. The van der Waals surface area contributed by atoms with Crippen LogP contribution in [0.1, 0.15) is 25.3 Å². The van der Waals surface area contributed by atoms with Gasteiger partial charge in [0.25, 0.3) is 5.91 Å². The molecule has 6 heteroatoms. The van der Waals surface area contributed by atoms with Crippen molar-refractivity contribution < 1.29 is 9.00 Å². The van der Waals surface area contributed by atoms with Crippen molar-refractivity contribution in [3.63, 3.8) is 0 Å². The van der Waals surface area contributed by atoms with Crippen molar-refractivity contribution in [2.45, 2.75) is 24.8 Å². The van der Waals surface area contributed by atoms with Gasteiger partial charge in [-0.3, -0.25) is 4.79 Å². The van der Waals surface area contributed by atoms with E-state index in [-0.39, 0.29) is 5.92 Å². The minimum absolute atomic E-state index is 0.00338. The minimum Gasteiger partial charge on any atom is -0.271 e. The molecule has 4 nitrogen and oxygen atoms in total. The molecule has 2 atom stereocenters. The maximum atomic E-state index is 12.7. The number of rotatable bonds is 4. The Hall–Kier alpha value is -1.72. The van der Waals surface area contributed by atoms with E-state index in [2.05, 4.69) is 9.35 Å². The normalized spacial score (nSPS) is 15.0. The summed E-state index contributed by atoms with van der Waals surface area (Å²) >= 11 is 6.02. The zero-order valence-electron chi connectivity index (χ0n) is 13.3. The molecule has 0 aliphatic rings. The van der Waals surface area contributed by atoms with Crippen molar-refractivity contribution in [3.8, 4) is 0 Å². The fourth-order valence-corrected chi connectivity index (χ4v) is 3.70. The van der Waals surface area contributed by atoms with E-state index in [1.165, 1.54) is 12.5 Å². The quantitative estimate of drug-likeness (QED) is 0.831. The summed E-state index contributed by atoms with van der Waals surface area (Å²) in [4.78, 5) is 16.7. The molecule has 0 bridgehead atoms. The van der Waals surface area contributed by atoms with E-state index in [1.807, 2.05) is 19.9 Å². The Kier molecular flexibility index (Phi) is 5.55. The highest BCUT2D eigenvalue weighted by Gasteiger charge is 2.25. The van der Waals surface area contributed by atoms with Crippen LogP contribution >= 0.6 is 11.6 Å². The van der Waals surface area contributed by atoms with Gasteiger partial charge in [0.1, 0.15) is 5.03 Å². The van der Waals surface area contributed by atoms with E-state index in [0.29, 0.717) is 10.0 Å². The number of pyridine rings is 1. The summed E-state index contributed by atoms with van der Waals surface area (Å²) in [6, 6.07) is 12.2. The van der Waals surface area contributed by atoms with Crippen molar-refractivity contribution in [1.29, 1.82) is 0 Å². The zero-order valence-corrected chi connectivity index (χ0v) is 14.8. The van der Waals surface area contributed by atoms with Crippen LogP contribution in [-0.2, 0) is 14.5 Å². The van der Waals surface area contributed by atoms with E-state index in [9.17, 15) is 9.00 Å². The third kappa shape index (κ3) is 4.39. The van der Waals surface area contributed by atoms with Crippen LogP contribution in [0.3, 0.4) is 0 Å². The summed E-state index contributed by atoms with van der Waals surface area (Å²) in [5.74, 6) is -0.901. The Bertz CT molecular complexity index is 812. The summed E-state index contributed by atoms with van der Waals surface area (Å²) in [5, 5.41) is 0.866. The minimum atomic E-state index is -2.87. The number of halogens is 1. The van der Waals surface area contributed by atoms with Crippen LogP contribution in [0.15, 0.2) is 58.1 Å². The first-order valence-electron chi connectivity index (χ1n) is 7.24. The van der Waals surface area contributed by atoms with Gasteiger partial charge >= 0.3 is 0 Å². The molecule has 1 aromatic carbocycles. The van der Waals surface area contributed by atoms with Gasteiger partial charge in [0, 0.05) is 17.5 Å². The van der Waals surface area contributed by atoms with Crippen molar-refractivity contribution in [1.82, 2.24) is 4.98 Å². The molecule has 2 unspecified atom stereocenters. The van der Waals surface area contributed by atoms with Crippen LogP contribution in [0.4, 0.5) is 0 Å². The monoisotopic (exact) mass is 350 g/mol. The van der Waals surface area contributed by atoms with Gasteiger partial charge in [-0.25, -0.2) is 9.19 Å². The number of benzene rings is 1. The molecule has 0 fully saturated rings. The highest BCUT2D eigenvalue weighted by atomic mass is 35.5. The molecule has 1 amide bonds. The van der Waals surface area contributed by atoms with E-state index in [1.54, 1.807) is 36.4 Å². The average molecular weight is 351 g/mol. The average Bonchev–Trinajstić information content (AvgIpc) is 2.47. The van der Waals surface area contributed by atoms with Gasteiger partial charge in [0.05, 0.1) is 15.6 Å². The Labute approximate surface area is 142 Å². The molecule has 0 saturated carbocycles. The Morgan fingerprint density at radius 1 is 1.22 bits per heavy atom. The van der Waals surface area contributed by atoms with Gasteiger partial charge in [0.15, 0.2) is 0 Å². The number of hydrogen-bond donors (Lipinski definition) is 0. The lowest BCUT2D eigenvalue weighted by molar-refractivity contribution is -0.119. The number of carbonyl (C=O) groups excluding carboxylic acids is 1. The standard InChI is InChI=1S/C17H19ClN2O2S/c1-12(2)16(13-7-6-8-14(18)11-13)17(21)20-23(3,22)15-9-4-5-10-19-15/h4-12,16H,1-3H3. The van der Waals surface area contributed by atoms with E-state index in [4.69, 9.17) is 11.6 Å². The van der Waals surface area contributed by atoms with Crippen LogP contribution in [0, 0.1) is 5.92 Å². The summed E-state index contributed by atoms with van der Waals surface area (Å²) in [5.41, 5.74) is 0.775. The molecule has 0 aliphatic heterocycles. The molecule has 0 saturated heterocycles. The molecule has 2 rings (SSSR count). The SMILES string of the molecule is CC(C)C(C(=O)N=S(C)(=O)c1ccccn1)c1cccc(Cl)c1. The van der Waals surface area contributed by atoms with Gasteiger partial charge in [-0.2, -0.15) is 4.36 Å². The number of hydrogen-bond acceptors (Lipinski definition) is 3. The van der Waals surface area contributed by atoms with Crippen LogP contribution in [-0.4, -0.2) is 21.4 Å². The molecule has 0 radical (unpaired) electrons. The van der Waals surface area contributed by atoms with Crippen LogP contribution in [0.2, 0.25) is 5.02 Å². The Balaban J connectivity index is 2.43. The molecule has 0 aliphatic carbocycles. The molecular formula is C17H19ClN2O2S. The summed E-state index contributed by atoms with van der Waals surface area (Å²) in [7, 11) is -2.87. The third-order valence-electron chi connectivity index (χ3n) is 3.43. The smallest absolute Gasteiger partial charge is 0.261 e. The first-order chi connectivity index (χ1) is 10.8. The van der Waals surface area contributed by atoms with E-state index < -0.39 is 21.6 Å². The predicted octanol–water partition coefficient (Wildman–Crippen LogP) is 4.16. The molecular weight excluding hydrogens is 332 g/mol. The summed E-state index contributed by atoms with van der Waals surface area (Å²) in [6.07, 6.45) is 2.97. The van der Waals surface area contributed by atoms with E-state index in [0.717, 1.165) is 5.56 Å². The van der Waals surface area contributed by atoms with Gasteiger partial charge in [-0.1, -0.05) is 43.6 Å². The van der Waals surface area contributed by atoms with Gasteiger partial charge < -0.3 is 0 Å². The highest BCUT2D eigenvalue weighted by molar-refractivity contribution is 7.93. The molecule has 0 spiro atoms. The lowest BCUT2D eigenvalue weighted by Crippen LogP contribution is -2.18. The first-order valence-corrected chi connectivity index (χ1v) is 9.54. The van der Waals surface area contributed by atoms with E-state index >= 15 is 0 Å². The van der Waals surface area contributed by atoms with Gasteiger partial charge in [-0.05, 0) is 35.7 Å². The van der Waals surface area contributed by atoms with Gasteiger partial charge in [-0.15, -0.1) is 0 Å². The fraction of sp³-hybridized carbons (Fsp3) is 0.294. The van der Waals surface area contributed by atoms with Crippen molar-refractivity contribution in [3.05, 3.63) is 59.2 Å². The largest absolute Gasteiger partial charge is 0.271 e. The topological polar surface area (TPSA) is 59.4 Å². The van der Waals surface area contributed by atoms with Crippen LogP contribution in [0.5, 0.6) is 0 Å². The lowest BCUT2D eigenvalue weighted by Gasteiger charge is -2.18. The van der Waals surface area contributed by atoms with Crippen molar-refractivity contribution in [2.75, 3.05) is 6.26 Å². The molecule has 1 heterocycles. The molecule has 122 valence electrons. The molecule has 0 N–H and O–H groups in total. The zero-order chi connectivity index (χ0) is 17.0. The number of amides is 1. The van der Waals surface area contributed by atoms with Gasteiger partial charge in [0.2, 0.25) is 0 Å². The summed E-state index contributed by atoms with van der Waals surface area (Å²) in [6.45, 7) is 3.86. The van der Waals surface area contributed by atoms with Crippen LogP contribution < -0.4 is 0 Å². The molecule has 2 aromatic rings. The summed E-state index contributed by atoms with van der Waals surface area (Å²) < 4.78 is 16.7.